The Bertz CT molecular complexity index is 459. The number of ether oxygens (including phenoxy) is 1. The van der Waals surface area contributed by atoms with Crippen LogP contribution in [0.4, 0.5) is 0 Å². The Morgan fingerprint density at radius 2 is 2.15 bits per heavy atom. The first-order valence-electron chi connectivity index (χ1n) is 6.74. The van der Waals surface area contributed by atoms with Crippen LogP contribution >= 0.6 is 0 Å². The normalized spacial score (nSPS) is 11.7. The lowest BCUT2D eigenvalue weighted by atomic mass is 10.1. The quantitative estimate of drug-likeness (QED) is 0.714. The molecular formula is C15H21NO4. The lowest BCUT2D eigenvalue weighted by Crippen LogP contribution is -2.41. The number of nitrogens with one attached hydrogen (secondary N) is 1. The fraction of sp³-hybridized carbons (Fsp3) is 0.467. The Labute approximate surface area is 118 Å². The number of aliphatic carboxylic acids is 1. The number of carboxylic acid groups (broad SMARTS) is 1. The van der Waals surface area contributed by atoms with Gasteiger partial charge < -0.3 is 15.2 Å². The third-order valence-electron chi connectivity index (χ3n) is 2.78. The lowest BCUT2D eigenvalue weighted by molar-refractivity contribution is -0.141. The molecule has 0 aliphatic rings. The summed E-state index contributed by atoms with van der Waals surface area (Å²) in [7, 11) is 0. The fourth-order valence-electron chi connectivity index (χ4n) is 1.78. The molecule has 0 fully saturated rings. The molecule has 0 aromatic heterocycles. The molecule has 0 spiro atoms. The van der Waals surface area contributed by atoms with Crippen LogP contribution in [0.5, 0.6) is 5.75 Å². The summed E-state index contributed by atoms with van der Waals surface area (Å²) in [4.78, 5) is 22.1. The number of benzene rings is 1. The van der Waals surface area contributed by atoms with Gasteiger partial charge in [0.1, 0.15) is 11.8 Å². The van der Waals surface area contributed by atoms with Crippen LogP contribution in [-0.4, -0.2) is 29.6 Å². The SMILES string of the molecule is CCCCOc1cccc(CC(NC(C)=O)C(=O)O)c1. The maximum Gasteiger partial charge on any atom is 0.326 e. The van der Waals surface area contributed by atoms with Gasteiger partial charge in [-0.3, -0.25) is 4.79 Å². The van der Waals surface area contributed by atoms with E-state index in [4.69, 9.17) is 9.84 Å². The first-order chi connectivity index (χ1) is 9.52. The highest BCUT2D eigenvalue weighted by atomic mass is 16.5. The van der Waals surface area contributed by atoms with Gasteiger partial charge in [-0.1, -0.05) is 25.5 Å². The summed E-state index contributed by atoms with van der Waals surface area (Å²) in [5.74, 6) is -0.673. The molecule has 0 radical (unpaired) electrons. The molecule has 0 aliphatic carbocycles. The highest BCUT2D eigenvalue weighted by Gasteiger charge is 2.18. The molecule has 0 bridgehead atoms. The van der Waals surface area contributed by atoms with Gasteiger partial charge in [0.25, 0.3) is 0 Å². The summed E-state index contributed by atoms with van der Waals surface area (Å²) in [6.45, 7) is 4.04. The second-order valence-corrected chi connectivity index (χ2v) is 4.64. The Morgan fingerprint density at radius 1 is 1.40 bits per heavy atom. The van der Waals surface area contributed by atoms with Crippen molar-refractivity contribution in [3.8, 4) is 5.75 Å². The molecule has 0 heterocycles. The maximum absolute atomic E-state index is 11.1. The van der Waals surface area contributed by atoms with Gasteiger partial charge in [0.15, 0.2) is 0 Å². The van der Waals surface area contributed by atoms with E-state index < -0.39 is 12.0 Å². The molecule has 1 aromatic carbocycles. The summed E-state index contributed by atoms with van der Waals surface area (Å²) >= 11 is 0. The molecule has 1 aromatic rings. The highest BCUT2D eigenvalue weighted by Crippen LogP contribution is 2.15. The van der Waals surface area contributed by atoms with E-state index in [1.165, 1.54) is 6.92 Å². The molecule has 1 unspecified atom stereocenters. The van der Waals surface area contributed by atoms with Crippen molar-refractivity contribution in [2.75, 3.05) is 6.61 Å². The minimum atomic E-state index is -1.04. The van der Waals surface area contributed by atoms with Crippen LogP contribution < -0.4 is 10.1 Å². The molecule has 1 rings (SSSR count). The van der Waals surface area contributed by atoms with Gasteiger partial charge >= 0.3 is 5.97 Å². The van der Waals surface area contributed by atoms with Crippen molar-refractivity contribution in [3.05, 3.63) is 29.8 Å². The number of carbonyl (C=O) groups excluding carboxylic acids is 1. The molecule has 110 valence electrons. The molecule has 5 heteroatoms. The topological polar surface area (TPSA) is 75.6 Å². The number of carboxylic acids is 1. The monoisotopic (exact) mass is 279 g/mol. The van der Waals surface area contributed by atoms with Crippen molar-refractivity contribution in [2.45, 2.75) is 39.2 Å². The molecule has 2 N–H and O–H groups in total. The van der Waals surface area contributed by atoms with Crippen LogP contribution in [0.15, 0.2) is 24.3 Å². The zero-order valence-corrected chi connectivity index (χ0v) is 11.9. The van der Waals surface area contributed by atoms with Crippen molar-refractivity contribution in [1.29, 1.82) is 0 Å². The second kappa shape index (κ2) is 8.19. The van der Waals surface area contributed by atoms with Gasteiger partial charge in [-0.05, 0) is 24.1 Å². The summed E-state index contributed by atoms with van der Waals surface area (Å²) in [6, 6.07) is 6.38. The molecular weight excluding hydrogens is 258 g/mol. The number of hydrogen-bond donors (Lipinski definition) is 2. The third kappa shape index (κ3) is 5.73. The smallest absolute Gasteiger partial charge is 0.326 e. The van der Waals surface area contributed by atoms with Crippen molar-refractivity contribution in [3.63, 3.8) is 0 Å². The number of amides is 1. The Morgan fingerprint density at radius 3 is 2.75 bits per heavy atom. The Hall–Kier alpha value is -2.04. The number of unbranched alkanes of at least 4 members (excludes halogenated alkanes) is 1. The molecule has 5 nitrogen and oxygen atoms in total. The van der Waals surface area contributed by atoms with Crippen LogP contribution in [0, 0.1) is 0 Å². The first kappa shape index (κ1) is 16.0. The zero-order chi connectivity index (χ0) is 15.0. The minimum Gasteiger partial charge on any atom is -0.494 e. The molecule has 20 heavy (non-hydrogen) atoms. The van der Waals surface area contributed by atoms with Crippen LogP contribution in [0.1, 0.15) is 32.3 Å². The summed E-state index contributed by atoms with van der Waals surface area (Å²) in [5.41, 5.74) is 0.820. The largest absolute Gasteiger partial charge is 0.494 e. The minimum absolute atomic E-state index is 0.236. The third-order valence-corrected chi connectivity index (χ3v) is 2.78. The number of hydrogen-bond acceptors (Lipinski definition) is 3. The number of rotatable bonds is 8. The van der Waals surface area contributed by atoms with Gasteiger partial charge in [0.2, 0.25) is 5.91 Å². The van der Waals surface area contributed by atoms with E-state index in [1.54, 1.807) is 0 Å². The van der Waals surface area contributed by atoms with Crippen LogP contribution in [-0.2, 0) is 16.0 Å². The molecule has 0 saturated heterocycles. The zero-order valence-electron chi connectivity index (χ0n) is 11.9. The van der Waals surface area contributed by atoms with Crippen molar-refractivity contribution in [2.24, 2.45) is 0 Å². The van der Waals surface area contributed by atoms with Crippen LogP contribution in [0.25, 0.3) is 0 Å². The van der Waals surface area contributed by atoms with E-state index in [1.807, 2.05) is 24.3 Å². The van der Waals surface area contributed by atoms with Crippen molar-refractivity contribution < 1.29 is 19.4 Å². The van der Waals surface area contributed by atoms with Crippen molar-refractivity contribution >= 4 is 11.9 Å². The molecule has 1 atom stereocenters. The average molecular weight is 279 g/mol. The van der Waals surface area contributed by atoms with E-state index in [0.29, 0.717) is 6.61 Å². The van der Waals surface area contributed by atoms with Crippen LogP contribution in [0.2, 0.25) is 0 Å². The van der Waals surface area contributed by atoms with E-state index in [-0.39, 0.29) is 12.3 Å². The predicted octanol–water partition coefficient (Wildman–Crippen LogP) is 2.00. The van der Waals surface area contributed by atoms with Crippen molar-refractivity contribution in [1.82, 2.24) is 5.32 Å². The highest BCUT2D eigenvalue weighted by molar-refractivity contribution is 5.82. The lowest BCUT2D eigenvalue weighted by Gasteiger charge is -2.14. The Balaban J connectivity index is 2.67. The van der Waals surface area contributed by atoms with Gasteiger partial charge in [-0.25, -0.2) is 4.79 Å². The van der Waals surface area contributed by atoms with E-state index in [2.05, 4.69) is 12.2 Å². The predicted molar refractivity (Wildman–Crippen MR) is 75.8 cm³/mol. The number of carbonyl (C=O) groups is 2. The van der Waals surface area contributed by atoms with Gasteiger partial charge in [-0.2, -0.15) is 0 Å². The first-order valence-corrected chi connectivity index (χ1v) is 6.74. The summed E-state index contributed by atoms with van der Waals surface area (Å²) < 4.78 is 5.58. The van der Waals surface area contributed by atoms with Gasteiger partial charge in [0, 0.05) is 13.3 Å². The van der Waals surface area contributed by atoms with Crippen LogP contribution in [0.3, 0.4) is 0 Å². The molecule has 0 aliphatic heterocycles. The maximum atomic E-state index is 11.1. The van der Waals surface area contributed by atoms with Gasteiger partial charge in [0.05, 0.1) is 6.61 Å². The molecule has 1 amide bonds. The molecule has 0 saturated carbocycles. The fourth-order valence-corrected chi connectivity index (χ4v) is 1.78. The van der Waals surface area contributed by atoms with E-state index in [9.17, 15) is 9.59 Å². The van der Waals surface area contributed by atoms with E-state index >= 15 is 0 Å². The van der Waals surface area contributed by atoms with Gasteiger partial charge in [-0.15, -0.1) is 0 Å². The summed E-state index contributed by atoms with van der Waals surface area (Å²) in [5, 5.41) is 11.5. The Kier molecular flexibility index (Phi) is 6.56. The van der Waals surface area contributed by atoms with E-state index in [0.717, 1.165) is 24.2 Å². The summed E-state index contributed by atoms with van der Waals surface area (Å²) in [6.07, 6.45) is 2.27. The second-order valence-electron chi connectivity index (χ2n) is 4.64. The standard InChI is InChI=1S/C15H21NO4/c1-3-4-8-20-13-7-5-6-12(9-13)10-14(15(18)19)16-11(2)17/h5-7,9,14H,3-4,8,10H2,1-2H3,(H,16,17)(H,18,19). The average Bonchev–Trinajstić information content (AvgIpc) is 2.38.